The van der Waals surface area contributed by atoms with E-state index in [9.17, 15) is 9.59 Å². The molecule has 0 aromatic heterocycles. The van der Waals surface area contributed by atoms with Gasteiger partial charge >= 0.3 is 0 Å². The van der Waals surface area contributed by atoms with Gasteiger partial charge in [0.2, 0.25) is 11.8 Å². The predicted molar refractivity (Wildman–Crippen MR) is 195 cm³/mol. The highest BCUT2D eigenvalue weighted by Gasteiger charge is 2.49. The van der Waals surface area contributed by atoms with Gasteiger partial charge < -0.3 is 10.6 Å². The van der Waals surface area contributed by atoms with Crippen LogP contribution in [0.15, 0.2) is 0 Å². The molecule has 0 spiro atoms. The van der Waals surface area contributed by atoms with E-state index in [0.717, 1.165) is 90.1 Å². The molecule has 2 amide bonds. The van der Waals surface area contributed by atoms with Gasteiger partial charge in [0.05, 0.1) is 12.2 Å². The quantitative estimate of drug-likeness (QED) is 0.169. The number of hydrogen-bond donors (Lipinski definition) is 2. The van der Waals surface area contributed by atoms with Crippen molar-refractivity contribution in [2.45, 2.75) is 218 Å². The van der Waals surface area contributed by atoms with E-state index in [0.29, 0.717) is 36.9 Å². The van der Waals surface area contributed by atoms with Gasteiger partial charge in [-0.25, -0.2) is 0 Å². The van der Waals surface area contributed by atoms with Crippen LogP contribution < -0.4 is 10.6 Å². The summed E-state index contributed by atoms with van der Waals surface area (Å²) in [6, 6.07) is 0. The van der Waals surface area contributed by atoms with E-state index in [4.69, 9.17) is 9.68 Å². The number of piperidine rings is 2. The highest BCUT2D eigenvalue weighted by molar-refractivity contribution is 5.76. The van der Waals surface area contributed by atoms with Crippen LogP contribution in [-0.4, -0.2) is 69.4 Å². The smallest absolute Gasteiger partial charge is 0.220 e. The highest BCUT2D eigenvalue weighted by Crippen LogP contribution is 2.45. The molecule has 4 aliphatic rings. The number of nitrogens with zero attached hydrogens (tertiary/aromatic N) is 2. The van der Waals surface area contributed by atoms with Crippen LogP contribution in [0.2, 0.25) is 0 Å². The van der Waals surface area contributed by atoms with Crippen LogP contribution in [0.5, 0.6) is 0 Å². The van der Waals surface area contributed by atoms with Crippen LogP contribution in [0.4, 0.5) is 0 Å². The molecule has 4 fully saturated rings. The van der Waals surface area contributed by atoms with Crippen molar-refractivity contribution in [3.05, 3.63) is 0 Å². The molecule has 0 bridgehead atoms. The third-order valence-corrected chi connectivity index (χ3v) is 11.7. The number of nitrogens with one attached hydrogen (secondary N) is 2. The molecule has 4 rings (SSSR count). The van der Waals surface area contributed by atoms with Crippen molar-refractivity contribution in [2.75, 3.05) is 13.1 Å². The number of amides is 2. The lowest BCUT2D eigenvalue weighted by Crippen LogP contribution is -2.61. The Bertz CT molecular complexity index is 899. The molecule has 2 saturated heterocycles. The summed E-state index contributed by atoms with van der Waals surface area (Å²) in [6.45, 7) is 19.7. The zero-order valence-electron chi connectivity index (χ0n) is 32.4. The number of carbonyl (C=O) groups excluding carboxylic acids is 2. The number of hydroxylamine groups is 4. The fraction of sp³-hybridized carbons (Fsp3) is 0.950. The second kappa shape index (κ2) is 17.3. The fourth-order valence-electron chi connectivity index (χ4n) is 10.2. The summed E-state index contributed by atoms with van der Waals surface area (Å²) < 4.78 is 0. The normalized spacial score (nSPS) is 25.9. The second-order valence-corrected chi connectivity index (χ2v) is 18.6. The SMILES string of the molecule is CC1(C)CC(CC(=O)NCCCCCCNC(=O)CC2CC(C)(C)N(OC3CCCCC3)C(C)(C)C2)CC(C)(C)N1OC1CCCCC1. The summed E-state index contributed by atoms with van der Waals surface area (Å²) in [4.78, 5) is 39.0. The van der Waals surface area contributed by atoms with Crippen LogP contribution in [0, 0.1) is 11.8 Å². The zero-order valence-corrected chi connectivity index (χ0v) is 32.4. The first-order valence-electron chi connectivity index (χ1n) is 20.1. The molecule has 2 N–H and O–H groups in total. The van der Waals surface area contributed by atoms with Crippen molar-refractivity contribution >= 4 is 11.8 Å². The molecule has 8 nitrogen and oxygen atoms in total. The Balaban J connectivity index is 1.06. The van der Waals surface area contributed by atoms with Crippen molar-refractivity contribution in [3.8, 4) is 0 Å². The molecular weight excluding hydrogens is 600 g/mol. The summed E-state index contributed by atoms with van der Waals surface area (Å²) in [6.07, 6.45) is 22.3. The number of rotatable bonds is 15. The van der Waals surface area contributed by atoms with Crippen LogP contribution in [0.1, 0.15) is 184 Å². The van der Waals surface area contributed by atoms with E-state index < -0.39 is 0 Å². The van der Waals surface area contributed by atoms with Gasteiger partial charge in [-0.1, -0.05) is 51.4 Å². The average Bonchev–Trinajstić information content (AvgIpc) is 2.98. The summed E-state index contributed by atoms with van der Waals surface area (Å²) in [5.41, 5.74) is -0.359. The van der Waals surface area contributed by atoms with Gasteiger partial charge in [-0.15, -0.1) is 0 Å². The number of unbranched alkanes of at least 4 members (excludes halogenated alkanes) is 3. The standard InChI is InChI=1S/C40H74N4O4/c1-37(2)27-31(28-38(3,4)43(37)47-33-19-13-11-14-20-33)25-35(45)41-23-17-9-10-18-24-42-36(46)26-32-29-39(5,6)44(40(7,8)30-32)48-34-21-15-12-16-22-34/h31-34H,9-30H2,1-8H3,(H,41,45)(H,42,46). The minimum absolute atomic E-state index is 0.0898. The van der Waals surface area contributed by atoms with E-state index in [1.807, 2.05) is 0 Å². The van der Waals surface area contributed by atoms with E-state index in [1.54, 1.807) is 0 Å². The molecule has 8 heteroatoms. The Morgan fingerprint density at radius 3 is 1.15 bits per heavy atom. The molecule has 2 saturated carbocycles. The molecular formula is C40H74N4O4. The Hall–Kier alpha value is -1.22. The van der Waals surface area contributed by atoms with Gasteiger partial charge in [-0.05, 0) is 131 Å². The maximum absolute atomic E-state index is 12.9. The van der Waals surface area contributed by atoms with E-state index >= 15 is 0 Å². The van der Waals surface area contributed by atoms with Crippen molar-refractivity contribution < 1.29 is 19.3 Å². The lowest BCUT2D eigenvalue weighted by Gasteiger charge is -2.55. The van der Waals surface area contributed by atoms with Crippen LogP contribution in [0.25, 0.3) is 0 Å². The van der Waals surface area contributed by atoms with Crippen LogP contribution >= 0.6 is 0 Å². The zero-order chi connectivity index (χ0) is 35.0. The van der Waals surface area contributed by atoms with E-state index in [-0.39, 0.29) is 34.0 Å². The number of hydrogen-bond acceptors (Lipinski definition) is 6. The Labute approximate surface area is 294 Å². The summed E-state index contributed by atoms with van der Waals surface area (Å²) in [5, 5.41) is 10.9. The summed E-state index contributed by atoms with van der Waals surface area (Å²) in [7, 11) is 0. The van der Waals surface area contributed by atoms with Crippen molar-refractivity contribution in [1.82, 2.24) is 20.8 Å². The molecule has 2 aliphatic heterocycles. The Morgan fingerprint density at radius 2 is 0.833 bits per heavy atom. The maximum Gasteiger partial charge on any atom is 0.220 e. The molecule has 278 valence electrons. The lowest BCUT2D eigenvalue weighted by molar-refractivity contribution is -0.314. The molecule has 0 radical (unpaired) electrons. The van der Waals surface area contributed by atoms with Crippen molar-refractivity contribution in [2.24, 2.45) is 11.8 Å². The topological polar surface area (TPSA) is 83.1 Å². The third kappa shape index (κ3) is 11.7. The Morgan fingerprint density at radius 1 is 0.521 bits per heavy atom. The Kier molecular flexibility index (Phi) is 14.3. The number of carbonyl (C=O) groups is 2. The van der Waals surface area contributed by atoms with Crippen molar-refractivity contribution in [1.29, 1.82) is 0 Å². The van der Waals surface area contributed by atoms with E-state index in [1.165, 1.54) is 38.5 Å². The van der Waals surface area contributed by atoms with Gasteiger partial charge in [0.15, 0.2) is 0 Å². The molecule has 0 aromatic rings. The van der Waals surface area contributed by atoms with Gasteiger partial charge in [0.1, 0.15) is 0 Å². The second-order valence-electron chi connectivity index (χ2n) is 18.6. The summed E-state index contributed by atoms with van der Waals surface area (Å²) >= 11 is 0. The first-order chi connectivity index (χ1) is 22.6. The largest absolute Gasteiger partial charge is 0.356 e. The van der Waals surface area contributed by atoms with Gasteiger partial charge in [-0.3, -0.25) is 19.3 Å². The first-order valence-corrected chi connectivity index (χ1v) is 20.1. The minimum atomic E-state index is -0.0898. The maximum atomic E-state index is 12.9. The third-order valence-electron chi connectivity index (χ3n) is 11.7. The molecule has 48 heavy (non-hydrogen) atoms. The summed E-state index contributed by atoms with van der Waals surface area (Å²) in [5.74, 6) is 1.09. The molecule has 2 aliphatic carbocycles. The predicted octanol–water partition coefficient (Wildman–Crippen LogP) is 8.63. The average molecular weight is 675 g/mol. The van der Waals surface area contributed by atoms with Crippen molar-refractivity contribution in [3.63, 3.8) is 0 Å². The molecule has 0 atom stereocenters. The van der Waals surface area contributed by atoms with Gasteiger partial charge in [0, 0.05) is 48.1 Å². The van der Waals surface area contributed by atoms with Crippen LogP contribution in [-0.2, 0) is 19.3 Å². The lowest BCUT2D eigenvalue weighted by atomic mass is 9.74. The molecule has 0 aromatic carbocycles. The minimum Gasteiger partial charge on any atom is -0.356 e. The van der Waals surface area contributed by atoms with Gasteiger partial charge in [0.25, 0.3) is 0 Å². The van der Waals surface area contributed by atoms with E-state index in [2.05, 4.69) is 76.1 Å². The van der Waals surface area contributed by atoms with Crippen LogP contribution in [0.3, 0.4) is 0 Å². The monoisotopic (exact) mass is 675 g/mol. The fourth-order valence-corrected chi connectivity index (χ4v) is 10.2. The molecule has 2 heterocycles. The first kappa shape index (κ1) is 39.6. The molecule has 0 unspecified atom stereocenters. The van der Waals surface area contributed by atoms with Gasteiger partial charge in [-0.2, -0.15) is 10.1 Å². The highest BCUT2D eigenvalue weighted by atomic mass is 16.7.